The molecule has 1 atom stereocenters. The van der Waals surface area contributed by atoms with Crippen molar-refractivity contribution in [3.8, 4) is 0 Å². The van der Waals surface area contributed by atoms with Gasteiger partial charge in [0, 0.05) is 0 Å². The van der Waals surface area contributed by atoms with E-state index in [4.69, 9.17) is 0 Å². The fraction of sp³-hybridized carbons (Fsp3) is 1.00. The van der Waals surface area contributed by atoms with Gasteiger partial charge < -0.3 is 9.04 Å². The summed E-state index contributed by atoms with van der Waals surface area (Å²) < 4.78 is 43.6. The molecule has 0 heterocycles. The molecular formula is C14H32FNO3S. The summed E-state index contributed by atoms with van der Waals surface area (Å²) in [5.41, 5.74) is -2.21. The Hall–Kier alpha value is -0.200. The summed E-state index contributed by atoms with van der Waals surface area (Å²) in [4.78, 5) is 0. The van der Waals surface area contributed by atoms with Gasteiger partial charge in [-0.15, -0.1) is 0 Å². The Morgan fingerprint density at radius 3 is 1.55 bits per heavy atom. The molecule has 6 heteroatoms. The first-order chi connectivity index (χ1) is 9.22. The molecule has 0 fully saturated rings. The van der Waals surface area contributed by atoms with Crippen molar-refractivity contribution < 1.29 is 21.8 Å². The van der Waals surface area contributed by atoms with Gasteiger partial charge in [0.05, 0.1) is 26.2 Å². The highest BCUT2D eigenvalue weighted by Crippen LogP contribution is 2.10. The SMILES string of the molecule is CCCCCC(F)S(=O)(=O)[O-].CC[N+](CC)(CC)CC. The zero-order valence-corrected chi connectivity index (χ0v) is 14.5. The van der Waals surface area contributed by atoms with E-state index in [1.165, 1.54) is 30.7 Å². The van der Waals surface area contributed by atoms with Gasteiger partial charge in [-0.1, -0.05) is 19.8 Å². The minimum Gasteiger partial charge on any atom is -0.746 e. The van der Waals surface area contributed by atoms with Crippen LogP contribution in [-0.4, -0.2) is 49.1 Å². The molecule has 124 valence electrons. The number of hydrogen-bond donors (Lipinski definition) is 0. The lowest BCUT2D eigenvalue weighted by atomic mass is 10.2. The minimum atomic E-state index is -4.70. The summed E-state index contributed by atoms with van der Waals surface area (Å²) in [7, 11) is -4.70. The third kappa shape index (κ3) is 9.66. The number of unbranched alkanes of at least 4 members (excludes halogenated alkanes) is 2. The van der Waals surface area contributed by atoms with Gasteiger partial charge in [-0.3, -0.25) is 0 Å². The number of halogens is 1. The highest BCUT2D eigenvalue weighted by Gasteiger charge is 2.16. The average Bonchev–Trinajstić information content (AvgIpc) is 2.42. The Labute approximate surface area is 124 Å². The van der Waals surface area contributed by atoms with Crippen LogP contribution in [0, 0.1) is 0 Å². The molecule has 0 spiro atoms. The van der Waals surface area contributed by atoms with E-state index in [0.717, 1.165) is 12.8 Å². The molecule has 0 aromatic carbocycles. The van der Waals surface area contributed by atoms with Gasteiger partial charge in [0.1, 0.15) is 10.1 Å². The number of quaternary nitrogens is 1. The maximum atomic E-state index is 12.3. The molecule has 0 saturated heterocycles. The number of alkyl halides is 1. The monoisotopic (exact) mass is 313 g/mol. The Kier molecular flexibility index (Phi) is 12.7. The van der Waals surface area contributed by atoms with Crippen LogP contribution >= 0.6 is 0 Å². The zero-order valence-electron chi connectivity index (χ0n) is 13.7. The second-order valence-corrected chi connectivity index (χ2v) is 6.50. The predicted molar refractivity (Wildman–Crippen MR) is 81.2 cm³/mol. The van der Waals surface area contributed by atoms with Crippen molar-refractivity contribution in [2.24, 2.45) is 0 Å². The fourth-order valence-corrected chi connectivity index (χ4v) is 2.50. The number of rotatable bonds is 9. The summed E-state index contributed by atoms with van der Waals surface area (Å²) >= 11 is 0. The van der Waals surface area contributed by atoms with E-state index in [1.807, 2.05) is 6.92 Å². The normalized spacial score (nSPS) is 13.6. The molecule has 0 aromatic rings. The van der Waals surface area contributed by atoms with Crippen LogP contribution in [0.1, 0.15) is 60.3 Å². The van der Waals surface area contributed by atoms with E-state index in [-0.39, 0.29) is 6.42 Å². The maximum absolute atomic E-state index is 12.3. The summed E-state index contributed by atoms with van der Waals surface area (Å²) in [6.45, 7) is 16.1. The lowest BCUT2D eigenvalue weighted by Crippen LogP contribution is -2.47. The smallest absolute Gasteiger partial charge is 0.189 e. The predicted octanol–water partition coefficient (Wildman–Crippen LogP) is 3.29. The zero-order chi connectivity index (χ0) is 16.2. The minimum absolute atomic E-state index is 0.167. The van der Waals surface area contributed by atoms with Crippen molar-refractivity contribution in [2.45, 2.75) is 65.8 Å². The molecule has 0 aliphatic rings. The van der Waals surface area contributed by atoms with Gasteiger partial charge in [0.2, 0.25) is 0 Å². The van der Waals surface area contributed by atoms with E-state index < -0.39 is 15.6 Å². The van der Waals surface area contributed by atoms with Crippen molar-refractivity contribution in [3.63, 3.8) is 0 Å². The Morgan fingerprint density at radius 2 is 1.35 bits per heavy atom. The van der Waals surface area contributed by atoms with Gasteiger partial charge in [-0.05, 0) is 40.5 Å². The molecule has 0 aromatic heterocycles. The summed E-state index contributed by atoms with van der Waals surface area (Å²) in [5, 5.41) is 0. The molecule has 0 aliphatic carbocycles. The molecule has 0 N–H and O–H groups in total. The molecule has 20 heavy (non-hydrogen) atoms. The third-order valence-electron chi connectivity index (χ3n) is 4.03. The van der Waals surface area contributed by atoms with Gasteiger partial charge >= 0.3 is 0 Å². The molecule has 0 radical (unpaired) electrons. The van der Waals surface area contributed by atoms with Crippen LogP contribution in [-0.2, 0) is 10.1 Å². The lowest BCUT2D eigenvalue weighted by molar-refractivity contribution is -0.921. The highest BCUT2D eigenvalue weighted by molar-refractivity contribution is 7.86. The quantitative estimate of drug-likeness (QED) is 0.373. The van der Waals surface area contributed by atoms with E-state index in [0.29, 0.717) is 6.42 Å². The average molecular weight is 313 g/mol. The molecule has 0 rings (SSSR count). The maximum Gasteiger partial charge on any atom is 0.189 e. The molecule has 0 aliphatic heterocycles. The number of hydrogen-bond acceptors (Lipinski definition) is 3. The van der Waals surface area contributed by atoms with Crippen LogP contribution in [0.4, 0.5) is 4.39 Å². The van der Waals surface area contributed by atoms with Crippen LogP contribution in [0.2, 0.25) is 0 Å². The number of nitrogens with zero attached hydrogens (tertiary/aromatic N) is 1. The van der Waals surface area contributed by atoms with Gasteiger partial charge in [0.25, 0.3) is 0 Å². The second-order valence-electron chi connectivity index (χ2n) is 5.01. The van der Waals surface area contributed by atoms with Crippen molar-refractivity contribution in [2.75, 3.05) is 26.2 Å². The van der Waals surface area contributed by atoms with Crippen molar-refractivity contribution >= 4 is 10.1 Å². The molecule has 4 nitrogen and oxygen atoms in total. The summed E-state index contributed by atoms with van der Waals surface area (Å²) in [5.74, 6) is 0. The third-order valence-corrected chi connectivity index (χ3v) is 4.89. The van der Waals surface area contributed by atoms with Crippen LogP contribution in [0.15, 0.2) is 0 Å². The van der Waals surface area contributed by atoms with Crippen molar-refractivity contribution in [1.82, 2.24) is 0 Å². The van der Waals surface area contributed by atoms with E-state index >= 15 is 0 Å². The highest BCUT2D eigenvalue weighted by atomic mass is 32.2. The summed E-state index contributed by atoms with van der Waals surface area (Å²) in [6.07, 6.45) is 1.93. The fourth-order valence-electron chi connectivity index (χ4n) is 2.04. The molecule has 0 bridgehead atoms. The van der Waals surface area contributed by atoms with Crippen molar-refractivity contribution in [3.05, 3.63) is 0 Å². The topological polar surface area (TPSA) is 57.2 Å². The van der Waals surface area contributed by atoms with Gasteiger partial charge in [-0.2, -0.15) is 0 Å². The Balaban J connectivity index is 0. The van der Waals surface area contributed by atoms with E-state index in [1.54, 1.807) is 0 Å². The first kappa shape index (κ1) is 22.1. The second kappa shape index (κ2) is 11.5. The molecule has 0 amide bonds. The Morgan fingerprint density at radius 1 is 0.950 bits per heavy atom. The molecule has 1 unspecified atom stereocenters. The van der Waals surface area contributed by atoms with Crippen LogP contribution in [0.5, 0.6) is 0 Å². The summed E-state index contributed by atoms with van der Waals surface area (Å²) in [6, 6.07) is 0. The first-order valence-electron chi connectivity index (χ1n) is 7.66. The van der Waals surface area contributed by atoms with Gasteiger partial charge in [-0.25, -0.2) is 12.8 Å². The molecule has 0 saturated carbocycles. The Bertz CT molecular complexity index is 299. The molecular weight excluding hydrogens is 281 g/mol. The first-order valence-corrected chi connectivity index (χ1v) is 9.13. The largest absolute Gasteiger partial charge is 0.746 e. The van der Waals surface area contributed by atoms with Gasteiger partial charge in [0.15, 0.2) is 5.50 Å². The van der Waals surface area contributed by atoms with Crippen molar-refractivity contribution in [1.29, 1.82) is 0 Å². The lowest BCUT2D eigenvalue weighted by Gasteiger charge is -2.34. The van der Waals surface area contributed by atoms with E-state index in [9.17, 15) is 17.4 Å². The van der Waals surface area contributed by atoms with Crippen LogP contribution in [0.3, 0.4) is 0 Å². The van der Waals surface area contributed by atoms with E-state index in [2.05, 4.69) is 27.7 Å². The van der Waals surface area contributed by atoms with Crippen LogP contribution in [0.25, 0.3) is 0 Å². The van der Waals surface area contributed by atoms with Crippen LogP contribution < -0.4 is 0 Å². The standard InChI is InChI=1S/C8H20N.C6H13FO3S/c1-5-9(6-2,7-3)8-4;1-2-3-4-5-6(7)11(8,9)10/h5-8H2,1-4H3;6H,2-5H2,1H3,(H,8,9,10)/q+1;/p-1.